The third-order valence-electron chi connectivity index (χ3n) is 4.78. The molecule has 0 aliphatic heterocycles. The predicted molar refractivity (Wildman–Crippen MR) is 100 cm³/mol. The number of carboxylic acids is 1. The number of para-hydroxylation sites is 1. The molecule has 7 nitrogen and oxygen atoms in total. The van der Waals surface area contributed by atoms with Crippen LogP contribution in [-0.2, 0) is 9.53 Å². The van der Waals surface area contributed by atoms with Crippen molar-refractivity contribution in [2.75, 3.05) is 11.9 Å². The minimum Gasteiger partial charge on any atom is -0.481 e. The van der Waals surface area contributed by atoms with Gasteiger partial charge in [0, 0.05) is 18.0 Å². The average Bonchev–Trinajstić information content (AvgIpc) is 2.89. The number of allylic oxidation sites excluding steroid dienone is 2. The first-order valence-electron chi connectivity index (χ1n) is 9.19. The lowest BCUT2D eigenvalue weighted by atomic mass is 9.91. The molecule has 1 aromatic rings. The van der Waals surface area contributed by atoms with Crippen LogP contribution in [0.5, 0.6) is 0 Å². The standard InChI is InChI=1S/C20H27NO6/c22-17-12-18(23)16(15(17)10-6-1-2-7-11-19(24)25)13-27-20(26)21-14-8-4-3-5-9-14/h1,3-6,8-9,15-18,22-23H,2,7,10-13H2,(H,21,26)(H,24,25)/b6-1+. The van der Waals surface area contributed by atoms with Crippen LogP contribution in [0.2, 0.25) is 0 Å². The molecule has 1 aliphatic rings. The van der Waals surface area contributed by atoms with Crippen LogP contribution in [0.1, 0.15) is 32.1 Å². The summed E-state index contributed by atoms with van der Waals surface area (Å²) in [6.07, 6.45) is 3.94. The highest BCUT2D eigenvalue weighted by Gasteiger charge is 2.41. The Morgan fingerprint density at radius 2 is 1.81 bits per heavy atom. The van der Waals surface area contributed by atoms with Crippen LogP contribution < -0.4 is 5.32 Å². The molecule has 4 N–H and O–H groups in total. The molecule has 4 atom stereocenters. The van der Waals surface area contributed by atoms with Crippen LogP contribution >= 0.6 is 0 Å². The largest absolute Gasteiger partial charge is 0.481 e. The molecule has 0 aromatic heterocycles. The fourth-order valence-corrected chi connectivity index (χ4v) is 3.32. The summed E-state index contributed by atoms with van der Waals surface area (Å²) < 4.78 is 5.24. The number of carboxylic acid groups (broad SMARTS) is 1. The Labute approximate surface area is 158 Å². The highest BCUT2D eigenvalue weighted by Crippen LogP contribution is 2.35. The number of amides is 1. The number of carbonyl (C=O) groups is 2. The molecule has 2 rings (SSSR count). The second-order valence-corrected chi connectivity index (χ2v) is 6.78. The molecule has 0 heterocycles. The van der Waals surface area contributed by atoms with Gasteiger partial charge in [-0.2, -0.15) is 0 Å². The van der Waals surface area contributed by atoms with E-state index in [1.165, 1.54) is 0 Å². The van der Waals surface area contributed by atoms with Crippen molar-refractivity contribution in [2.45, 2.75) is 44.3 Å². The maximum absolute atomic E-state index is 11.9. The van der Waals surface area contributed by atoms with Crippen molar-refractivity contribution in [2.24, 2.45) is 11.8 Å². The summed E-state index contributed by atoms with van der Waals surface area (Å²) in [4.78, 5) is 22.4. The quantitative estimate of drug-likeness (QED) is 0.388. The fraction of sp³-hybridized carbons (Fsp3) is 0.500. The van der Waals surface area contributed by atoms with Crippen LogP contribution in [0.25, 0.3) is 0 Å². The lowest BCUT2D eigenvalue weighted by Gasteiger charge is -2.22. The van der Waals surface area contributed by atoms with E-state index in [1.54, 1.807) is 24.3 Å². The molecule has 1 aliphatic carbocycles. The summed E-state index contributed by atoms with van der Waals surface area (Å²) in [7, 11) is 0. The number of hydrogen-bond acceptors (Lipinski definition) is 5. The van der Waals surface area contributed by atoms with Gasteiger partial charge in [0.1, 0.15) is 0 Å². The van der Waals surface area contributed by atoms with Crippen LogP contribution in [0.4, 0.5) is 10.5 Å². The summed E-state index contributed by atoms with van der Waals surface area (Å²) in [6.45, 7) is 0.0222. The van der Waals surface area contributed by atoms with Gasteiger partial charge < -0.3 is 20.1 Å². The summed E-state index contributed by atoms with van der Waals surface area (Å²) >= 11 is 0. The topological polar surface area (TPSA) is 116 Å². The van der Waals surface area contributed by atoms with Crippen molar-refractivity contribution in [1.29, 1.82) is 0 Å². The third-order valence-corrected chi connectivity index (χ3v) is 4.78. The van der Waals surface area contributed by atoms with Crippen molar-refractivity contribution in [3.8, 4) is 0 Å². The molecule has 0 radical (unpaired) electrons. The molecule has 0 saturated heterocycles. The van der Waals surface area contributed by atoms with Gasteiger partial charge in [0.05, 0.1) is 18.8 Å². The number of anilines is 1. The molecule has 148 valence electrons. The van der Waals surface area contributed by atoms with E-state index in [1.807, 2.05) is 18.2 Å². The second-order valence-electron chi connectivity index (χ2n) is 6.78. The number of aliphatic hydroxyl groups excluding tert-OH is 2. The van der Waals surface area contributed by atoms with Crippen molar-refractivity contribution >= 4 is 17.7 Å². The molecule has 4 unspecified atom stereocenters. The zero-order chi connectivity index (χ0) is 19.6. The molecule has 1 aromatic carbocycles. The van der Waals surface area contributed by atoms with Crippen molar-refractivity contribution < 1.29 is 29.6 Å². The Morgan fingerprint density at radius 3 is 2.52 bits per heavy atom. The molecule has 7 heteroatoms. The summed E-state index contributed by atoms with van der Waals surface area (Å²) in [6, 6.07) is 8.92. The summed E-state index contributed by atoms with van der Waals surface area (Å²) in [5, 5.41) is 31.6. The Kier molecular flexibility index (Phi) is 8.29. The van der Waals surface area contributed by atoms with E-state index < -0.39 is 24.3 Å². The maximum Gasteiger partial charge on any atom is 0.411 e. The Bertz CT molecular complexity index is 633. The van der Waals surface area contributed by atoms with Gasteiger partial charge in [-0.3, -0.25) is 10.1 Å². The monoisotopic (exact) mass is 377 g/mol. The summed E-state index contributed by atoms with van der Waals surface area (Å²) in [5.74, 6) is -1.37. The van der Waals surface area contributed by atoms with Crippen molar-refractivity contribution in [3.63, 3.8) is 0 Å². The van der Waals surface area contributed by atoms with Gasteiger partial charge in [-0.1, -0.05) is 30.4 Å². The Morgan fingerprint density at radius 1 is 1.11 bits per heavy atom. The first-order chi connectivity index (χ1) is 13.0. The molecule has 1 saturated carbocycles. The third kappa shape index (κ3) is 7.03. The number of benzene rings is 1. The van der Waals surface area contributed by atoms with E-state index in [9.17, 15) is 19.8 Å². The number of rotatable bonds is 9. The zero-order valence-corrected chi connectivity index (χ0v) is 15.2. The molecule has 0 spiro atoms. The van der Waals surface area contributed by atoms with E-state index in [0.717, 1.165) is 0 Å². The number of ether oxygens (including phenoxy) is 1. The van der Waals surface area contributed by atoms with E-state index in [-0.39, 0.29) is 31.3 Å². The lowest BCUT2D eigenvalue weighted by Crippen LogP contribution is -2.28. The van der Waals surface area contributed by atoms with Gasteiger partial charge in [0.15, 0.2) is 0 Å². The van der Waals surface area contributed by atoms with Gasteiger partial charge >= 0.3 is 12.1 Å². The SMILES string of the molecule is O=C(O)CCC/C=C/CC1C(O)CC(O)C1COC(=O)Nc1ccccc1. The molecular weight excluding hydrogens is 350 g/mol. The second kappa shape index (κ2) is 10.7. The normalized spacial score (nSPS) is 24.8. The molecule has 1 fully saturated rings. The van der Waals surface area contributed by atoms with E-state index in [2.05, 4.69) is 5.32 Å². The zero-order valence-electron chi connectivity index (χ0n) is 15.2. The van der Waals surface area contributed by atoms with Crippen LogP contribution in [0.15, 0.2) is 42.5 Å². The first-order valence-corrected chi connectivity index (χ1v) is 9.19. The fourth-order valence-electron chi connectivity index (χ4n) is 3.32. The number of nitrogens with one attached hydrogen (secondary N) is 1. The van der Waals surface area contributed by atoms with Gasteiger partial charge in [-0.15, -0.1) is 0 Å². The van der Waals surface area contributed by atoms with Crippen molar-refractivity contribution in [3.05, 3.63) is 42.5 Å². The van der Waals surface area contributed by atoms with Gasteiger partial charge in [-0.25, -0.2) is 4.79 Å². The van der Waals surface area contributed by atoms with E-state index >= 15 is 0 Å². The summed E-state index contributed by atoms with van der Waals surface area (Å²) in [5.41, 5.74) is 0.621. The predicted octanol–water partition coefficient (Wildman–Crippen LogP) is 2.79. The van der Waals surface area contributed by atoms with Gasteiger partial charge in [-0.05, 0) is 43.7 Å². The van der Waals surface area contributed by atoms with Crippen LogP contribution in [0.3, 0.4) is 0 Å². The highest BCUT2D eigenvalue weighted by atomic mass is 16.5. The minimum absolute atomic E-state index is 0.0222. The Hall–Kier alpha value is -2.38. The maximum atomic E-state index is 11.9. The minimum atomic E-state index is -0.816. The molecule has 27 heavy (non-hydrogen) atoms. The lowest BCUT2D eigenvalue weighted by molar-refractivity contribution is -0.137. The van der Waals surface area contributed by atoms with Crippen LogP contribution in [0, 0.1) is 11.8 Å². The Balaban J connectivity index is 1.79. The first kappa shape index (κ1) is 20.9. The number of carbonyl (C=O) groups excluding carboxylic acids is 1. The molecule has 1 amide bonds. The van der Waals surface area contributed by atoms with E-state index in [0.29, 0.717) is 24.9 Å². The molecule has 0 bridgehead atoms. The smallest absolute Gasteiger partial charge is 0.411 e. The number of hydrogen-bond donors (Lipinski definition) is 4. The van der Waals surface area contributed by atoms with Gasteiger partial charge in [0.2, 0.25) is 0 Å². The number of aliphatic hydroxyl groups is 2. The highest BCUT2D eigenvalue weighted by molar-refractivity contribution is 5.84. The van der Waals surface area contributed by atoms with Gasteiger partial charge in [0.25, 0.3) is 0 Å². The van der Waals surface area contributed by atoms with E-state index in [4.69, 9.17) is 9.84 Å². The van der Waals surface area contributed by atoms with Crippen LogP contribution in [-0.4, -0.2) is 46.2 Å². The average molecular weight is 377 g/mol. The number of unbranched alkanes of at least 4 members (excludes halogenated alkanes) is 1. The number of aliphatic carboxylic acids is 1. The molecular formula is C20H27NO6. The van der Waals surface area contributed by atoms with Crippen molar-refractivity contribution in [1.82, 2.24) is 0 Å².